The molecule has 0 bridgehead atoms. The first kappa shape index (κ1) is 34.9. The Morgan fingerprint density at radius 3 is 1.11 bits per heavy atom. The fraction of sp³-hybridized carbons (Fsp3) is 0. The predicted molar refractivity (Wildman–Crippen MR) is 255 cm³/mol. The highest BCUT2D eigenvalue weighted by atomic mass is 16.3. The van der Waals surface area contributed by atoms with Gasteiger partial charge < -0.3 is 13.7 Å². The van der Waals surface area contributed by atoms with Gasteiger partial charge in [-0.1, -0.05) is 133 Å². The van der Waals surface area contributed by atoms with Gasteiger partial charge in [0.15, 0.2) is 0 Å². The molecule has 0 saturated heterocycles. The van der Waals surface area contributed by atoms with E-state index in [1.54, 1.807) is 0 Å². The van der Waals surface area contributed by atoms with E-state index in [1.165, 1.54) is 27.5 Å². The molecule has 0 N–H and O–H groups in total. The molecule has 3 nitrogen and oxygen atoms in total. The lowest BCUT2D eigenvalue weighted by molar-refractivity contribution is 0.668. The number of anilines is 3. The van der Waals surface area contributed by atoms with Gasteiger partial charge in [-0.15, -0.1) is 0 Å². The van der Waals surface area contributed by atoms with E-state index >= 15 is 0 Å². The molecule has 0 aliphatic carbocycles. The molecule has 12 rings (SSSR count). The normalized spacial score (nSPS) is 11.6. The van der Waals surface area contributed by atoms with Crippen molar-refractivity contribution in [2.45, 2.75) is 0 Å². The standard InChI is InChI=1S/C58H37NO2/c1-3-13-44(14-4-1)59(45-15-5-2-6-16-45)46-27-23-38(24-28-46)47-29-30-48(50-18-8-7-17-49(47)50)43-34-41(39-25-31-57-53(36-39)51-19-9-11-21-55(51)60-57)33-42(35-43)40-26-32-58-54(37-40)52-20-10-12-22-56(52)61-58/h1-37H. The van der Waals surface area contributed by atoms with Crippen LogP contribution in [0.3, 0.4) is 0 Å². The first-order valence-corrected chi connectivity index (χ1v) is 20.7. The molecule has 0 radical (unpaired) electrons. The largest absolute Gasteiger partial charge is 0.456 e. The summed E-state index contributed by atoms with van der Waals surface area (Å²) in [6, 6.07) is 80.2. The monoisotopic (exact) mass is 779 g/mol. The van der Waals surface area contributed by atoms with Gasteiger partial charge in [-0.25, -0.2) is 0 Å². The van der Waals surface area contributed by atoms with Crippen LogP contribution in [-0.4, -0.2) is 0 Å². The molecule has 3 heteroatoms. The molecule has 0 saturated carbocycles. The molecule has 0 aliphatic heterocycles. The summed E-state index contributed by atoms with van der Waals surface area (Å²) in [6.07, 6.45) is 0. The molecule has 0 fully saturated rings. The minimum absolute atomic E-state index is 0.890. The van der Waals surface area contributed by atoms with Gasteiger partial charge in [0.05, 0.1) is 0 Å². The Kier molecular flexibility index (Phi) is 8.17. The maximum Gasteiger partial charge on any atom is 0.135 e. The van der Waals surface area contributed by atoms with Crippen LogP contribution in [-0.2, 0) is 0 Å². The van der Waals surface area contributed by atoms with Crippen LogP contribution >= 0.6 is 0 Å². The van der Waals surface area contributed by atoms with Gasteiger partial charge in [0.25, 0.3) is 0 Å². The molecule has 10 aromatic carbocycles. The molecule has 0 unspecified atom stereocenters. The molecule has 286 valence electrons. The summed E-state index contributed by atoms with van der Waals surface area (Å²) in [5, 5.41) is 6.88. The fourth-order valence-corrected chi connectivity index (χ4v) is 9.12. The zero-order valence-corrected chi connectivity index (χ0v) is 33.1. The van der Waals surface area contributed by atoms with Crippen LogP contribution in [0, 0.1) is 0 Å². The molecule has 12 aromatic rings. The molecule has 0 amide bonds. The summed E-state index contributed by atoms with van der Waals surface area (Å²) >= 11 is 0. The Hall–Kier alpha value is -8.14. The van der Waals surface area contributed by atoms with Gasteiger partial charge >= 0.3 is 0 Å². The number of fused-ring (bicyclic) bond motifs is 7. The first-order chi connectivity index (χ1) is 30.2. The summed E-state index contributed by atoms with van der Waals surface area (Å²) in [6.45, 7) is 0. The lowest BCUT2D eigenvalue weighted by Crippen LogP contribution is -2.09. The Balaban J connectivity index is 1.00. The van der Waals surface area contributed by atoms with Crippen molar-refractivity contribution >= 4 is 71.7 Å². The number of hydrogen-bond donors (Lipinski definition) is 0. The third kappa shape index (κ3) is 6.06. The second-order valence-corrected chi connectivity index (χ2v) is 15.7. The fourth-order valence-electron chi connectivity index (χ4n) is 9.12. The highest BCUT2D eigenvalue weighted by Crippen LogP contribution is 2.42. The van der Waals surface area contributed by atoms with Gasteiger partial charge in [0.2, 0.25) is 0 Å². The van der Waals surface area contributed by atoms with Crippen molar-refractivity contribution in [1.82, 2.24) is 0 Å². The van der Waals surface area contributed by atoms with Crippen LogP contribution in [0.4, 0.5) is 17.1 Å². The highest BCUT2D eigenvalue weighted by Gasteiger charge is 2.17. The van der Waals surface area contributed by atoms with E-state index in [0.717, 1.165) is 88.8 Å². The first-order valence-electron chi connectivity index (χ1n) is 20.7. The number of nitrogens with zero attached hydrogens (tertiary/aromatic N) is 1. The minimum Gasteiger partial charge on any atom is -0.456 e. The maximum atomic E-state index is 6.24. The Labute approximate surface area is 353 Å². The quantitative estimate of drug-likeness (QED) is 0.161. The van der Waals surface area contributed by atoms with Crippen molar-refractivity contribution in [3.63, 3.8) is 0 Å². The zero-order valence-electron chi connectivity index (χ0n) is 33.1. The van der Waals surface area contributed by atoms with E-state index < -0.39 is 0 Å². The minimum atomic E-state index is 0.890. The van der Waals surface area contributed by atoms with E-state index in [9.17, 15) is 0 Å². The van der Waals surface area contributed by atoms with Crippen LogP contribution < -0.4 is 4.90 Å². The highest BCUT2D eigenvalue weighted by molar-refractivity contribution is 6.09. The lowest BCUT2D eigenvalue weighted by Gasteiger charge is -2.25. The number of para-hydroxylation sites is 4. The van der Waals surface area contributed by atoms with E-state index in [0.29, 0.717) is 0 Å². The van der Waals surface area contributed by atoms with Crippen molar-refractivity contribution in [1.29, 1.82) is 0 Å². The Bertz CT molecular complexity index is 3410. The van der Waals surface area contributed by atoms with Crippen molar-refractivity contribution < 1.29 is 8.83 Å². The summed E-state index contributed by atoms with van der Waals surface area (Å²) < 4.78 is 12.5. The average Bonchev–Trinajstić information content (AvgIpc) is 3.90. The molecule has 0 spiro atoms. The molecular formula is C58H37NO2. The van der Waals surface area contributed by atoms with Gasteiger partial charge in [-0.3, -0.25) is 0 Å². The van der Waals surface area contributed by atoms with Crippen molar-refractivity contribution in [3.05, 3.63) is 224 Å². The van der Waals surface area contributed by atoms with Crippen LogP contribution in [0.1, 0.15) is 0 Å². The lowest BCUT2D eigenvalue weighted by atomic mass is 9.88. The zero-order chi connectivity index (χ0) is 40.3. The average molecular weight is 780 g/mol. The third-order valence-corrected chi connectivity index (χ3v) is 12.1. The SMILES string of the molecule is c1ccc(N(c2ccccc2)c2ccc(-c3ccc(-c4cc(-c5ccc6oc7ccccc7c6c5)cc(-c5ccc6oc7ccccc7c6c5)c4)c4ccccc34)cc2)cc1. The molecular weight excluding hydrogens is 743 g/mol. The van der Waals surface area contributed by atoms with Crippen LogP contribution in [0.15, 0.2) is 233 Å². The van der Waals surface area contributed by atoms with E-state index in [-0.39, 0.29) is 0 Å². The van der Waals surface area contributed by atoms with Crippen molar-refractivity contribution in [2.24, 2.45) is 0 Å². The van der Waals surface area contributed by atoms with Crippen LogP contribution in [0.25, 0.3) is 99.2 Å². The molecule has 2 aromatic heterocycles. The summed E-state index contributed by atoms with van der Waals surface area (Å²) in [5.74, 6) is 0. The predicted octanol–water partition coefficient (Wildman–Crippen LogP) is 16.8. The summed E-state index contributed by atoms with van der Waals surface area (Å²) in [5.41, 5.74) is 16.2. The van der Waals surface area contributed by atoms with Gasteiger partial charge in [-0.05, 0) is 146 Å². The molecule has 0 atom stereocenters. The molecule has 2 heterocycles. The van der Waals surface area contributed by atoms with Crippen molar-refractivity contribution in [3.8, 4) is 44.5 Å². The Morgan fingerprint density at radius 2 is 0.607 bits per heavy atom. The third-order valence-electron chi connectivity index (χ3n) is 12.1. The maximum absolute atomic E-state index is 6.24. The topological polar surface area (TPSA) is 29.5 Å². The smallest absolute Gasteiger partial charge is 0.135 e. The summed E-state index contributed by atoms with van der Waals surface area (Å²) in [7, 11) is 0. The molecule has 61 heavy (non-hydrogen) atoms. The van der Waals surface area contributed by atoms with E-state index in [2.05, 4.69) is 205 Å². The Morgan fingerprint density at radius 1 is 0.230 bits per heavy atom. The second kappa shape index (κ2) is 14.3. The van der Waals surface area contributed by atoms with Gasteiger partial charge in [0, 0.05) is 38.6 Å². The summed E-state index contributed by atoms with van der Waals surface area (Å²) in [4.78, 5) is 2.30. The number of benzene rings is 10. The van der Waals surface area contributed by atoms with Gasteiger partial charge in [0.1, 0.15) is 22.3 Å². The number of hydrogen-bond acceptors (Lipinski definition) is 3. The molecule has 0 aliphatic rings. The van der Waals surface area contributed by atoms with Crippen LogP contribution in [0.5, 0.6) is 0 Å². The van der Waals surface area contributed by atoms with Crippen molar-refractivity contribution in [2.75, 3.05) is 4.90 Å². The number of furan rings is 2. The second-order valence-electron chi connectivity index (χ2n) is 15.7. The van der Waals surface area contributed by atoms with Crippen LogP contribution in [0.2, 0.25) is 0 Å². The van der Waals surface area contributed by atoms with Gasteiger partial charge in [-0.2, -0.15) is 0 Å². The van der Waals surface area contributed by atoms with E-state index in [1.807, 2.05) is 24.3 Å². The van der Waals surface area contributed by atoms with E-state index in [4.69, 9.17) is 8.83 Å². The number of rotatable bonds is 7.